The number of rotatable bonds is 7. The smallest absolute Gasteiger partial charge is 0.0844 e. The highest BCUT2D eigenvalue weighted by molar-refractivity contribution is 4.90. The molecule has 1 aliphatic heterocycles. The lowest BCUT2D eigenvalue weighted by atomic mass is 9.94. The van der Waals surface area contributed by atoms with Crippen molar-refractivity contribution in [3.8, 4) is 0 Å². The van der Waals surface area contributed by atoms with Gasteiger partial charge in [0, 0.05) is 0 Å². The lowest BCUT2D eigenvalue weighted by molar-refractivity contribution is 0.393. The highest BCUT2D eigenvalue weighted by Crippen LogP contribution is 2.24. The van der Waals surface area contributed by atoms with Crippen molar-refractivity contribution in [2.75, 3.05) is 6.61 Å². The van der Waals surface area contributed by atoms with Gasteiger partial charge < -0.3 is 4.74 Å². The van der Waals surface area contributed by atoms with Gasteiger partial charge in [0.1, 0.15) is 0 Å². The van der Waals surface area contributed by atoms with Gasteiger partial charge in [-0.15, -0.1) is 0 Å². The molecule has 1 heterocycles. The van der Waals surface area contributed by atoms with Gasteiger partial charge in [-0.05, 0) is 12.3 Å². The lowest BCUT2D eigenvalue weighted by Crippen LogP contribution is -2.04. The molecule has 0 aromatic carbocycles. The van der Waals surface area contributed by atoms with Gasteiger partial charge in [-0.3, -0.25) is 0 Å². The fraction of sp³-hybridized carbons (Fsp3) is 0.909. The molecule has 2 atom stereocenters. The Balaban J connectivity index is 1.98. The van der Waals surface area contributed by atoms with Crippen LogP contribution in [-0.2, 0) is 4.74 Å². The molecule has 1 rings (SSSR count). The van der Waals surface area contributed by atoms with Crippen molar-refractivity contribution in [2.24, 2.45) is 5.92 Å². The normalized spacial score (nSPS) is 24.0. The summed E-state index contributed by atoms with van der Waals surface area (Å²) in [7, 11) is 0. The molecule has 0 N–H and O–H groups in total. The standard InChI is InChI=1S/C11H21O/c1-3-5-6-7-10(4-2)8-11-9-12-11/h8,10-11H,3-7,9H2,1-2H3. The van der Waals surface area contributed by atoms with Crippen LogP contribution in [-0.4, -0.2) is 12.7 Å². The Kier molecular flexibility index (Phi) is 4.67. The molecule has 0 bridgehead atoms. The zero-order valence-electron chi connectivity index (χ0n) is 8.38. The quantitative estimate of drug-likeness (QED) is 0.421. The van der Waals surface area contributed by atoms with Crippen LogP contribution in [0.25, 0.3) is 0 Å². The summed E-state index contributed by atoms with van der Waals surface area (Å²) in [5.41, 5.74) is 0. The molecule has 1 saturated heterocycles. The zero-order chi connectivity index (χ0) is 8.81. The van der Waals surface area contributed by atoms with Crippen molar-refractivity contribution >= 4 is 0 Å². The van der Waals surface area contributed by atoms with Gasteiger partial charge in [-0.25, -0.2) is 0 Å². The Bertz CT molecular complexity index is 108. The topological polar surface area (TPSA) is 12.5 Å². The Morgan fingerprint density at radius 2 is 2.17 bits per heavy atom. The minimum atomic E-state index is 0.511. The summed E-state index contributed by atoms with van der Waals surface area (Å²) in [4.78, 5) is 0. The highest BCUT2D eigenvalue weighted by Gasteiger charge is 2.25. The fourth-order valence-electron chi connectivity index (χ4n) is 1.56. The van der Waals surface area contributed by atoms with Crippen LogP contribution >= 0.6 is 0 Å². The van der Waals surface area contributed by atoms with E-state index >= 15 is 0 Å². The third kappa shape index (κ3) is 4.10. The second kappa shape index (κ2) is 5.58. The molecule has 2 unspecified atom stereocenters. The second-order valence-corrected chi connectivity index (χ2v) is 3.73. The molecule has 1 aliphatic rings. The van der Waals surface area contributed by atoms with Crippen molar-refractivity contribution in [3.63, 3.8) is 0 Å². The summed E-state index contributed by atoms with van der Waals surface area (Å²) < 4.78 is 5.19. The summed E-state index contributed by atoms with van der Waals surface area (Å²) in [6.07, 6.45) is 9.66. The molecule has 0 amide bonds. The van der Waals surface area contributed by atoms with Gasteiger partial charge in [-0.1, -0.05) is 46.0 Å². The summed E-state index contributed by atoms with van der Waals surface area (Å²) in [6.45, 7) is 5.51. The molecule has 0 aromatic heterocycles. The van der Waals surface area contributed by atoms with Crippen molar-refractivity contribution in [1.29, 1.82) is 0 Å². The Morgan fingerprint density at radius 3 is 2.67 bits per heavy atom. The van der Waals surface area contributed by atoms with Crippen molar-refractivity contribution in [1.82, 2.24) is 0 Å². The predicted octanol–water partition coefficient (Wildman–Crippen LogP) is 3.20. The van der Waals surface area contributed by atoms with Crippen LogP contribution in [0, 0.1) is 12.3 Å². The first-order chi connectivity index (χ1) is 5.86. The van der Waals surface area contributed by atoms with E-state index in [9.17, 15) is 0 Å². The van der Waals surface area contributed by atoms with E-state index in [1.54, 1.807) is 0 Å². The van der Waals surface area contributed by atoms with E-state index in [0.29, 0.717) is 6.10 Å². The Labute approximate surface area is 76.5 Å². The molecule has 1 nitrogen and oxygen atoms in total. The SMILES string of the molecule is CCCCCC([CH]C1CO1)CC. The zero-order valence-corrected chi connectivity index (χ0v) is 8.38. The molecule has 0 spiro atoms. The van der Waals surface area contributed by atoms with Crippen LogP contribution < -0.4 is 0 Å². The molecular weight excluding hydrogens is 148 g/mol. The molecule has 0 aliphatic carbocycles. The van der Waals surface area contributed by atoms with E-state index in [-0.39, 0.29) is 0 Å². The van der Waals surface area contributed by atoms with E-state index in [2.05, 4.69) is 20.3 Å². The summed E-state index contributed by atoms with van der Waals surface area (Å²) in [6, 6.07) is 0. The van der Waals surface area contributed by atoms with Gasteiger partial charge in [0.25, 0.3) is 0 Å². The monoisotopic (exact) mass is 169 g/mol. The van der Waals surface area contributed by atoms with E-state index in [4.69, 9.17) is 4.74 Å². The lowest BCUT2D eigenvalue weighted by Gasteiger charge is -2.11. The molecular formula is C11H21O. The van der Waals surface area contributed by atoms with Crippen LogP contribution in [0.15, 0.2) is 0 Å². The number of unbranched alkanes of at least 4 members (excludes halogenated alkanes) is 2. The van der Waals surface area contributed by atoms with E-state index in [1.807, 2.05) is 0 Å². The minimum absolute atomic E-state index is 0.511. The van der Waals surface area contributed by atoms with Gasteiger partial charge >= 0.3 is 0 Å². The molecule has 0 saturated carbocycles. The first kappa shape index (κ1) is 10.0. The molecule has 12 heavy (non-hydrogen) atoms. The maximum Gasteiger partial charge on any atom is 0.0844 e. The van der Waals surface area contributed by atoms with Crippen LogP contribution in [0.1, 0.15) is 46.0 Å². The van der Waals surface area contributed by atoms with E-state index < -0.39 is 0 Å². The van der Waals surface area contributed by atoms with Crippen molar-refractivity contribution in [2.45, 2.75) is 52.1 Å². The molecule has 71 valence electrons. The summed E-state index contributed by atoms with van der Waals surface area (Å²) in [5, 5.41) is 0. The Hall–Kier alpha value is -0.0400. The van der Waals surface area contributed by atoms with Crippen molar-refractivity contribution < 1.29 is 4.74 Å². The van der Waals surface area contributed by atoms with Gasteiger partial charge in [0.15, 0.2) is 0 Å². The number of hydrogen-bond donors (Lipinski definition) is 0. The first-order valence-corrected chi connectivity index (χ1v) is 5.33. The first-order valence-electron chi connectivity index (χ1n) is 5.33. The van der Waals surface area contributed by atoms with Crippen LogP contribution in [0.5, 0.6) is 0 Å². The fourth-order valence-corrected chi connectivity index (χ4v) is 1.56. The maximum absolute atomic E-state index is 5.19. The highest BCUT2D eigenvalue weighted by atomic mass is 16.6. The number of epoxide rings is 1. The predicted molar refractivity (Wildman–Crippen MR) is 52.0 cm³/mol. The average Bonchev–Trinajstić information content (AvgIpc) is 2.87. The largest absolute Gasteiger partial charge is 0.373 e. The van der Waals surface area contributed by atoms with E-state index in [0.717, 1.165) is 12.5 Å². The molecule has 1 heteroatoms. The Morgan fingerprint density at radius 1 is 1.42 bits per heavy atom. The maximum atomic E-state index is 5.19. The van der Waals surface area contributed by atoms with Crippen LogP contribution in [0.4, 0.5) is 0 Å². The van der Waals surface area contributed by atoms with Crippen LogP contribution in [0.2, 0.25) is 0 Å². The summed E-state index contributed by atoms with van der Waals surface area (Å²) in [5.74, 6) is 0.809. The molecule has 1 radical (unpaired) electrons. The minimum Gasteiger partial charge on any atom is -0.373 e. The molecule has 1 fully saturated rings. The van der Waals surface area contributed by atoms with Gasteiger partial charge in [0.05, 0.1) is 12.7 Å². The number of hydrogen-bond acceptors (Lipinski definition) is 1. The average molecular weight is 169 g/mol. The molecule has 0 aromatic rings. The summed E-state index contributed by atoms with van der Waals surface area (Å²) >= 11 is 0. The van der Waals surface area contributed by atoms with E-state index in [1.165, 1.54) is 32.1 Å². The second-order valence-electron chi connectivity index (χ2n) is 3.73. The third-order valence-electron chi connectivity index (χ3n) is 2.55. The number of ether oxygens (including phenoxy) is 1. The third-order valence-corrected chi connectivity index (χ3v) is 2.55. The van der Waals surface area contributed by atoms with Gasteiger partial charge in [0.2, 0.25) is 0 Å². The van der Waals surface area contributed by atoms with Crippen LogP contribution in [0.3, 0.4) is 0 Å². The van der Waals surface area contributed by atoms with Gasteiger partial charge in [-0.2, -0.15) is 0 Å². The van der Waals surface area contributed by atoms with Crippen molar-refractivity contribution in [3.05, 3.63) is 6.42 Å².